The molecule has 0 fully saturated rings. The molecule has 1 N–H and O–H groups in total. The summed E-state index contributed by atoms with van der Waals surface area (Å²) in [5, 5.41) is 3.28. The Balaban J connectivity index is 2.84. The van der Waals surface area contributed by atoms with Crippen LogP contribution in [0.1, 0.15) is 38.8 Å². The van der Waals surface area contributed by atoms with Gasteiger partial charge in [0, 0.05) is 6.04 Å². The minimum absolute atomic E-state index is 0.0608. The molecule has 108 valence electrons. The van der Waals surface area contributed by atoms with Crippen LogP contribution in [0.2, 0.25) is 8.67 Å². The number of ether oxygens (including phenoxy) is 1. The third kappa shape index (κ3) is 4.35. The number of hydrogen-bond donors (Lipinski definition) is 1. The van der Waals surface area contributed by atoms with Gasteiger partial charge in [0.2, 0.25) is 0 Å². The number of halogens is 2. The van der Waals surface area contributed by atoms with E-state index < -0.39 is 0 Å². The monoisotopic (exact) mass is 323 g/mol. The van der Waals surface area contributed by atoms with E-state index in [-0.39, 0.29) is 24.0 Å². The number of hydrogen-bond acceptors (Lipinski definition) is 4. The van der Waals surface area contributed by atoms with E-state index in [4.69, 9.17) is 27.9 Å². The van der Waals surface area contributed by atoms with Crippen LogP contribution >= 0.6 is 34.5 Å². The van der Waals surface area contributed by atoms with Gasteiger partial charge >= 0.3 is 5.97 Å². The fourth-order valence-electron chi connectivity index (χ4n) is 1.83. The van der Waals surface area contributed by atoms with Crippen LogP contribution in [0.25, 0.3) is 0 Å². The lowest BCUT2D eigenvalue weighted by atomic mass is 9.97. The smallest absolute Gasteiger partial charge is 0.323 e. The summed E-state index contributed by atoms with van der Waals surface area (Å²) in [6.07, 6.45) is 0.887. The van der Waals surface area contributed by atoms with E-state index in [1.54, 1.807) is 0 Å². The summed E-state index contributed by atoms with van der Waals surface area (Å²) in [4.78, 5) is 11.8. The lowest BCUT2D eigenvalue weighted by Gasteiger charge is -2.25. The molecule has 0 saturated heterocycles. The van der Waals surface area contributed by atoms with Crippen LogP contribution in [-0.4, -0.2) is 19.1 Å². The fourth-order valence-corrected chi connectivity index (χ4v) is 3.48. The molecular formula is C13H19Cl2NO2S. The molecule has 0 amide bonds. The van der Waals surface area contributed by atoms with Crippen LogP contribution in [-0.2, 0) is 9.53 Å². The third-order valence-electron chi connectivity index (χ3n) is 3.25. The Kier molecular flexibility index (Phi) is 6.60. The maximum Gasteiger partial charge on any atom is 0.323 e. The van der Waals surface area contributed by atoms with Crippen LogP contribution in [0, 0.1) is 5.92 Å². The van der Waals surface area contributed by atoms with Crippen molar-refractivity contribution in [3.05, 3.63) is 20.3 Å². The Morgan fingerprint density at radius 2 is 2.11 bits per heavy atom. The quantitative estimate of drug-likeness (QED) is 0.793. The first kappa shape index (κ1) is 16.8. The molecule has 1 aromatic heterocycles. The topological polar surface area (TPSA) is 38.3 Å². The van der Waals surface area contributed by atoms with Crippen molar-refractivity contribution in [3.8, 4) is 0 Å². The van der Waals surface area contributed by atoms with Gasteiger partial charge in [-0.15, -0.1) is 11.3 Å². The average Bonchev–Trinajstić information content (AvgIpc) is 2.73. The van der Waals surface area contributed by atoms with E-state index in [2.05, 4.69) is 5.32 Å². The zero-order valence-electron chi connectivity index (χ0n) is 11.5. The Morgan fingerprint density at radius 3 is 2.53 bits per heavy atom. The number of carbonyl (C=O) groups is 1. The van der Waals surface area contributed by atoms with Gasteiger partial charge in [-0.2, -0.15) is 0 Å². The Labute approximate surface area is 128 Å². The second-order valence-electron chi connectivity index (χ2n) is 4.55. The van der Waals surface area contributed by atoms with Gasteiger partial charge in [0.1, 0.15) is 6.04 Å². The molecule has 3 nitrogen and oxygen atoms in total. The average molecular weight is 324 g/mol. The van der Waals surface area contributed by atoms with Gasteiger partial charge in [-0.25, -0.2) is 0 Å². The molecule has 6 heteroatoms. The summed E-state index contributed by atoms with van der Waals surface area (Å²) in [7, 11) is 1.40. The van der Waals surface area contributed by atoms with Crippen molar-refractivity contribution in [2.24, 2.45) is 5.92 Å². The predicted octanol–water partition coefficient (Wildman–Crippen LogP) is 4.29. The Bertz CT molecular complexity index is 436. The maximum absolute atomic E-state index is 11.8. The number of thiophene rings is 1. The van der Waals surface area contributed by atoms with Crippen LogP contribution < -0.4 is 5.32 Å². The van der Waals surface area contributed by atoms with Crippen molar-refractivity contribution < 1.29 is 9.53 Å². The van der Waals surface area contributed by atoms with Gasteiger partial charge in [-0.1, -0.05) is 43.5 Å². The molecule has 0 aromatic carbocycles. The fraction of sp³-hybridized carbons (Fsp3) is 0.615. The molecule has 0 spiro atoms. The first-order valence-corrected chi connectivity index (χ1v) is 7.76. The van der Waals surface area contributed by atoms with Crippen molar-refractivity contribution in [3.63, 3.8) is 0 Å². The lowest BCUT2D eigenvalue weighted by Crippen LogP contribution is -2.43. The van der Waals surface area contributed by atoms with Gasteiger partial charge in [-0.05, 0) is 24.5 Å². The predicted molar refractivity (Wildman–Crippen MR) is 81.1 cm³/mol. The standard InChI is InChI=1S/C13H19Cl2NO2S/c1-5-7(2)11(13(17)18-4)16-8(3)9-6-10(14)19-12(9)15/h6-8,11,16H,5H2,1-4H3. The number of rotatable bonds is 6. The zero-order valence-corrected chi connectivity index (χ0v) is 13.8. The normalized spacial score (nSPS) is 15.9. The summed E-state index contributed by atoms with van der Waals surface area (Å²) in [6.45, 7) is 6.02. The van der Waals surface area contributed by atoms with E-state index >= 15 is 0 Å². The van der Waals surface area contributed by atoms with Crippen molar-refractivity contribution in [1.29, 1.82) is 0 Å². The van der Waals surface area contributed by atoms with Crippen molar-refractivity contribution >= 4 is 40.5 Å². The number of methoxy groups -OCH3 is 1. The molecule has 3 unspecified atom stereocenters. The van der Waals surface area contributed by atoms with Gasteiger partial charge in [0.25, 0.3) is 0 Å². The molecule has 0 radical (unpaired) electrons. The van der Waals surface area contributed by atoms with Gasteiger partial charge < -0.3 is 4.74 Å². The van der Waals surface area contributed by atoms with Gasteiger partial charge in [0.05, 0.1) is 15.8 Å². The minimum atomic E-state index is -0.347. The molecule has 1 aromatic rings. The summed E-state index contributed by atoms with van der Waals surface area (Å²) >= 11 is 13.4. The summed E-state index contributed by atoms with van der Waals surface area (Å²) < 4.78 is 6.15. The van der Waals surface area contributed by atoms with Gasteiger partial charge in [0.15, 0.2) is 0 Å². The molecule has 0 aliphatic heterocycles. The molecule has 0 saturated carbocycles. The van der Waals surface area contributed by atoms with Crippen LogP contribution in [0.4, 0.5) is 0 Å². The first-order valence-electron chi connectivity index (χ1n) is 6.19. The summed E-state index contributed by atoms with van der Waals surface area (Å²) in [6, 6.07) is 1.42. The molecule has 0 aliphatic rings. The highest BCUT2D eigenvalue weighted by atomic mass is 35.5. The largest absolute Gasteiger partial charge is 0.468 e. The van der Waals surface area contributed by atoms with Crippen molar-refractivity contribution in [2.75, 3.05) is 7.11 Å². The first-order chi connectivity index (χ1) is 8.90. The zero-order chi connectivity index (χ0) is 14.6. The maximum atomic E-state index is 11.8. The summed E-state index contributed by atoms with van der Waals surface area (Å²) in [5.74, 6) is -0.0681. The minimum Gasteiger partial charge on any atom is -0.468 e. The molecule has 1 rings (SSSR count). The van der Waals surface area contributed by atoms with E-state index in [0.717, 1.165) is 12.0 Å². The van der Waals surface area contributed by atoms with Crippen LogP contribution in [0.3, 0.4) is 0 Å². The molecular weight excluding hydrogens is 305 g/mol. The highest BCUT2D eigenvalue weighted by Crippen LogP contribution is 2.35. The molecule has 19 heavy (non-hydrogen) atoms. The molecule has 0 aliphatic carbocycles. The number of carbonyl (C=O) groups excluding carboxylic acids is 1. The SMILES string of the molecule is CCC(C)C(NC(C)c1cc(Cl)sc1Cl)C(=O)OC. The second kappa shape index (κ2) is 7.48. The number of esters is 1. The Morgan fingerprint density at radius 1 is 1.47 bits per heavy atom. The highest BCUT2D eigenvalue weighted by molar-refractivity contribution is 7.20. The summed E-state index contributed by atoms with van der Waals surface area (Å²) in [5.41, 5.74) is 0.911. The molecule has 1 heterocycles. The molecule has 0 bridgehead atoms. The van der Waals surface area contributed by atoms with E-state index in [1.165, 1.54) is 18.4 Å². The van der Waals surface area contributed by atoms with E-state index in [0.29, 0.717) is 8.67 Å². The highest BCUT2D eigenvalue weighted by Gasteiger charge is 2.27. The van der Waals surface area contributed by atoms with E-state index in [9.17, 15) is 4.79 Å². The van der Waals surface area contributed by atoms with E-state index in [1.807, 2.05) is 26.8 Å². The second-order valence-corrected chi connectivity index (χ2v) is 6.84. The van der Waals surface area contributed by atoms with Gasteiger partial charge in [-0.3, -0.25) is 10.1 Å². The third-order valence-corrected chi connectivity index (χ3v) is 4.77. The molecule has 3 atom stereocenters. The number of nitrogens with one attached hydrogen (secondary N) is 1. The van der Waals surface area contributed by atoms with Crippen molar-refractivity contribution in [2.45, 2.75) is 39.3 Å². The van der Waals surface area contributed by atoms with Crippen LogP contribution in [0.5, 0.6) is 0 Å². The van der Waals surface area contributed by atoms with Crippen LogP contribution in [0.15, 0.2) is 6.07 Å². The Hall–Kier alpha value is -0.290. The lowest BCUT2D eigenvalue weighted by molar-refractivity contribution is -0.144. The van der Waals surface area contributed by atoms with Crippen molar-refractivity contribution in [1.82, 2.24) is 5.32 Å².